The summed E-state index contributed by atoms with van der Waals surface area (Å²) in [5, 5.41) is 10.2. The third-order valence-corrected chi connectivity index (χ3v) is 3.15. The van der Waals surface area contributed by atoms with Gasteiger partial charge >= 0.3 is 0 Å². The first-order valence-electron chi connectivity index (χ1n) is 5.89. The number of allylic oxidation sites excluding steroid dienone is 1. The van der Waals surface area contributed by atoms with Gasteiger partial charge in [0.05, 0.1) is 24.8 Å². The number of hydrogen-bond donors (Lipinski definition) is 1. The first-order valence-corrected chi connectivity index (χ1v) is 5.89. The van der Waals surface area contributed by atoms with Crippen molar-refractivity contribution in [1.82, 2.24) is 9.55 Å². The van der Waals surface area contributed by atoms with Gasteiger partial charge < -0.3 is 14.4 Å². The molecular formula is C12H16N2O2. The van der Waals surface area contributed by atoms with Gasteiger partial charge in [-0.05, 0) is 31.8 Å². The Morgan fingerprint density at radius 2 is 2.38 bits per heavy atom. The lowest BCUT2D eigenvalue weighted by Gasteiger charge is -2.20. The van der Waals surface area contributed by atoms with Crippen LogP contribution in [0.5, 0.6) is 0 Å². The Kier molecular flexibility index (Phi) is 2.44. The second-order valence-electron chi connectivity index (χ2n) is 4.46. The number of hydrogen-bond acceptors (Lipinski definition) is 3. The molecule has 1 N–H and O–H groups in total. The number of aliphatic hydroxyl groups is 1. The van der Waals surface area contributed by atoms with Gasteiger partial charge in [0.25, 0.3) is 0 Å². The molecule has 86 valence electrons. The number of rotatable bonds is 3. The maximum Gasteiger partial charge on any atom is 0.152 e. The number of aromatic nitrogens is 2. The van der Waals surface area contributed by atoms with Crippen LogP contribution >= 0.6 is 0 Å². The molecule has 0 radical (unpaired) electrons. The minimum atomic E-state index is -0.650. The molecule has 0 spiro atoms. The van der Waals surface area contributed by atoms with E-state index in [9.17, 15) is 5.11 Å². The fourth-order valence-corrected chi connectivity index (χ4v) is 2.10. The molecule has 2 heterocycles. The molecule has 0 aromatic carbocycles. The van der Waals surface area contributed by atoms with Crippen LogP contribution < -0.4 is 0 Å². The molecular weight excluding hydrogens is 204 g/mol. The van der Waals surface area contributed by atoms with Crippen molar-refractivity contribution < 1.29 is 9.84 Å². The van der Waals surface area contributed by atoms with Crippen LogP contribution in [0, 0.1) is 0 Å². The summed E-state index contributed by atoms with van der Waals surface area (Å²) in [4.78, 5) is 4.12. The zero-order valence-corrected chi connectivity index (χ0v) is 9.17. The van der Waals surface area contributed by atoms with Crippen molar-refractivity contribution in [3.63, 3.8) is 0 Å². The van der Waals surface area contributed by atoms with E-state index >= 15 is 0 Å². The fourth-order valence-electron chi connectivity index (χ4n) is 2.10. The summed E-state index contributed by atoms with van der Waals surface area (Å²) >= 11 is 0. The van der Waals surface area contributed by atoms with Crippen molar-refractivity contribution in [2.45, 2.75) is 37.8 Å². The van der Waals surface area contributed by atoms with Gasteiger partial charge in [-0.15, -0.1) is 0 Å². The van der Waals surface area contributed by atoms with Gasteiger partial charge in [-0.25, -0.2) is 4.98 Å². The van der Waals surface area contributed by atoms with Gasteiger partial charge in [-0.1, -0.05) is 0 Å². The normalized spacial score (nSPS) is 22.4. The second-order valence-corrected chi connectivity index (χ2v) is 4.46. The Hall–Kier alpha value is -1.29. The van der Waals surface area contributed by atoms with Crippen LogP contribution in [0.1, 0.15) is 43.5 Å². The quantitative estimate of drug-likeness (QED) is 0.846. The van der Waals surface area contributed by atoms with Crippen molar-refractivity contribution >= 4 is 0 Å². The average molecular weight is 220 g/mol. The highest BCUT2D eigenvalue weighted by atomic mass is 16.5. The van der Waals surface area contributed by atoms with Crippen molar-refractivity contribution in [3.8, 4) is 0 Å². The Morgan fingerprint density at radius 1 is 1.50 bits per heavy atom. The van der Waals surface area contributed by atoms with Crippen molar-refractivity contribution in [2.24, 2.45) is 0 Å². The maximum absolute atomic E-state index is 10.2. The van der Waals surface area contributed by atoms with Crippen LogP contribution in [0.4, 0.5) is 0 Å². The minimum absolute atomic E-state index is 0.538. The van der Waals surface area contributed by atoms with E-state index < -0.39 is 6.10 Å². The number of nitrogens with zero attached hydrogens (tertiary/aromatic N) is 2. The molecule has 1 atom stereocenters. The molecule has 2 aliphatic rings. The minimum Gasteiger partial charge on any atom is -0.495 e. The first-order chi connectivity index (χ1) is 7.86. The van der Waals surface area contributed by atoms with Gasteiger partial charge in [0.1, 0.15) is 5.76 Å². The summed E-state index contributed by atoms with van der Waals surface area (Å²) in [5.74, 6) is 0.689. The van der Waals surface area contributed by atoms with Crippen LogP contribution in [0.15, 0.2) is 24.4 Å². The zero-order valence-electron chi connectivity index (χ0n) is 9.17. The van der Waals surface area contributed by atoms with E-state index in [1.54, 1.807) is 12.5 Å². The highest BCUT2D eigenvalue weighted by Crippen LogP contribution is 2.38. The summed E-state index contributed by atoms with van der Waals surface area (Å²) in [5.41, 5.74) is 0.857. The summed E-state index contributed by atoms with van der Waals surface area (Å²) in [6.45, 7) is 0.709. The van der Waals surface area contributed by atoms with Gasteiger partial charge in [-0.2, -0.15) is 0 Å². The molecule has 0 amide bonds. The Morgan fingerprint density at radius 3 is 3.06 bits per heavy atom. The summed E-state index contributed by atoms with van der Waals surface area (Å²) in [6, 6.07) is 0.538. The molecule has 4 heteroatoms. The predicted octanol–water partition coefficient (Wildman–Crippen LogP) is 1.95. The first kappa shape index (κ1) is 9.90. The maximum atomic E-state index is 10.2. The second kappa shape index (κ2) is 3.94. The molecule has 0 bridgehead atoms. The van der Waals surface area contributed by atoms with Crippen LogP contribution in [0.2, 0.25) is 0 Å². The third kappa shape index (κ3) is 1.73. The van der Waals surface area contributed by atoms with E-state index in [0.717, 1.165) is 18.5 Å². The van der Waals surface area contributed by atoms with Crippen molar-refractivity contribution in [3.05, 3.63) is 30.1 Å². The molecule has 1 unspecified atom stereocenters. The van der Waals surface area contributed by atoms with Gasteiger partial charge in [0, 0.05) is 6.04 Å². The van der Waals surface area contributed by atoms with Crippen LogP contribution in [-0.4, -0.2) is 21.3 Å². The summed E-state index contributed by atoms with van der Waals surface area (Å²) < 4.78 is 7.56. The highest BCUT2D eigenvalue weighted by molar-refractivity contribution is 5.17. The van der Waals surface area contributed by atoms with E-state index in [1.807, 2.05) is 6.08 Å². The van der Waals surface area contributed by atoms with Crippen molar-refractivity contribution in [1.29, 1.82) is 0 Å². The van der Waals surface area contributed by atoms with E-state index in [0.29, 0.717) is 18.4 Å². The van der Waals surface area contributed by atoms with Crippen molar-refractivity contribution in [2.75, 3.05) is 6.61 Å². The van der Waals surface area contributed by atoms with Gasteiger partial charge in [-0.3, -0.25) is 0 Å². The standard InChI is InChI=1S/C12H16N2O2/c15-12(11-3-1-2-6-16-11)10-7-13-8-14(10)9-4-5-9/h3,7-9,12,15H,1-2,4-6H2. The lowest BCUT2D eigenvalue weighted by molar-refractivity contribution is 0.0872. The summed E-state index contributed by atoms with van der Waals surface area (Å²) in [7, 11) is 0. The zero-order chi connectivity index (χ0) is 11.0. The molecule has 0 saturated heterocycles. The number of aliphatic hydroxyl groups excluding tert-OH is 1. The molecule has 3 rings (SSSR count). The van der Waals surface area contributed by atoms with Crippen LogP contribution in [-0.2, 0) is 4.74 Å². The Bertz CT molecular complexity index is 407. The van der Waals surface area contributed by atoms with Gasteiger partial charge in [0.15, 0.2) is 6.10 Å². The molecule has 4 nitrogen and oxygen atoms in total. The third-order valence-electron chi connectivity index (χ3n) is 3.15. The lowest BCUT2D eigenvalue weighted by atomic mass is 10.1. The lowest BCUT2D eigenvalue weighted by Crippen LogP contribution is -2.13. The Balaban J connectivity index is 1.84. The topological polar surface area (TPSA) is 47.3 Å². The molecule has 1 aliphatic carbocycles. The molecule has 1 aliphatic heterocycles. The SMILES string of the molecule is OC(C1=CCCCO1)c1cncn1C1CC1. The number of ether oxygens (including phenoxy) is 1. The van der Waals surface area contributed by atoms with E-state index in [4.69, 9.17) is 4.74 Å². The number of imidazole rings is 1. The molecule has 1 aromatic rings. The van der Waals surface area contributed by atoms with E-state index in [1.165, 1.54) is 12.8 Å². The average Bonchev–Trinajstić information content (AvgIpc) is 3.07. The summed E-state index contributed by atoms with van der Waals surface area (Å²) in [6.07, 6.45) is 9.29. The molecule has 1 saturated carbocycles. The highest BCUT2D eigenvalue weighted by Gasteiger charge is 2.29. The fraction of sp³-hybridized carbons (Fsp3) is 0.583. The monoisotopic (exact) mass is 220 g/mol. The molecule has 16 heavy (non-hydrogen) atoms. The van der Waals surface area contributed by atoms with E-state index in [2.05, 4.69) is 9.55 Å². The van der Waals surface area contributed by atoms with Crippen LogP contribution in [0.25, 0.3) is 0 Å². The Labute approximate surface area is 94.6 Å². The van der Waals surface area contributed by atoms with Gasteiger partial charge in [0.2, 0.25) is 0 Å². The van der Waals surface area contributed by atoms with E-state index in [-0.39, 0.29) is 0 Å². The smallest absolute Gasteiger partial charge is 0.152 e. The van der Waals surface area contributed by atoms with Crippen LogP contribution in [0.3, 0.4) is 0 Å². The predicted molar refractivity (Wildman–Crippen MR) is 58.7 cm³/mol. The largest absolute Gasteiger partial charge is 0.495 e. The molecule has 1 fully saturated rings. The molecule has 1 aromatic heterocycles.